The molecule has 0 saturated carbocycles. The molecule has 1 aromatic carbocycles. The number of sulfone groups is 1. The van der Waals surface area contributed by atoms with Gasteiger partial charge in [0.15, 0.2) is 9.84 Å². The van der Waals surface area contributed by atoms with Crippen LogP contribution in [0.5, 0.6) is 0 Å². The minimum atomic E-state index is -3.15. The number of hydrogen-bond donors (Lipinski definition) is 1. The van der Waals surface area contributed by atoms with Crippen molar-refractivity contribution in [1.82, 2.24) is 0 Å². The third kappa shape index (κ3) is 4.11. The Bertz CT molecular complexity index is 551. The Labute approximate surface area is 131 Å². The summed E-state index contributed by atoms with van der Waals surface area (Å²) < 4.78 is 29.4. The van der Waals surface area contributed by atoms with Crippen LogP contribution in [0.3, 0.4) is 0 Å². The van der Waals surface area contributed by atoms with Gasteiger partial charge >= 0.3 is 0 Å². The second kappa shape index (κ2) is 6.99. The highest BCUT2D eigenvalue weighted by atomic mass is 35.5. The molecule has 1 aromatic rings. The molecular formula is C15H22ClNO3S. The van der Waals surface area contributed by atoms with E-state index in [2.05, 4.69) is 5.32 Å². The van der Waals surface area contributed by atoms with E-state index in [1.807, 2.05) is 19.1 Å². The third-order valence-corrected chi connectivity index (χ3v) is 6.25. The first-order valence-electron chi connectivity index (χ1n) is 7.26. The minimum Gasteiger partial charge on any atom is -0.381 e. The van der Waals surface area contributed by atoms with Crippen molar-refractivity contribution in [2.45, 2.75) is 36.6 Å². The molecule has 0 spiro atoms. The van der Waals surface area contributed by atoms with Crippen LogP contribution in [0, 0.1) is 0 Å². The second-order valence-electron chi connectivity index (χ2n) is 5.49. The Kier molecular flexibility index (Phi) is 5.52. The summed E-state index contributed by atoms with van der Waals surface area (Å²) in [6.07, 6.45) is 2.33. The van der Waals surface area contributed by atoms with Crippen molar-refractivity contribution in [3.8, 4) is 0 Å². The van der Waals surface area contributed by atoms with Crippen LogP contribution in [0.15, 0.2) is 29.2 Å². The van der Waals surface area contributed by atoms with Gasteiger partial charge < -0.3 is 10.1 Å². The molecule has 1 heterocycles. The van der Waals surface area contributed by atoms with Crippen LogP contribution in [0.25, 0.3) is 0 Å². The fourth-order valence-corrected chi connectivity index (χ4v) is 4.15. The fourth-order valence-electron chi connectivity index (χ4n) is 2.49. The van der Waals surface area contributed by atoms with Crippen LogP contribution in [0.1, 0.15) is 26.2 Å². The lowest BCUT2D eigenvalue weighted by molar-refractivity contribution is 0.0668. The minimum absolute atomic E-state index is 0.163. The normalized spacial score (nSPS) is 18.4. The molecule has 0 unspecified atom stereocenters. The van der Waals surface area contributed by atoms with Gasteiger partial charge in [0, 0.05) is 24.8 Å². The number of hydrogen-bond acceptors (Lipinski definition) is 4. The summed E-state index contributed by atoms with van der Waals surface area (Å²) >= 11 is 6.12. The van der Waals surface area contributed by atoms with Crippen LogP contribution in [-0.4, -0.2) is 38.8 Å². The molecule has 21 heavy (non-hydrogen) atoms. The molecule has 4 nitrogen and oxygen atoms in total. The summed E-state index contributed by atoms with van der Waals surface area (Å²) in [6.45, 7) is 3.26. The quantitative estimate of drug-likeness (QED) is 0.814. The maximum atomic E-state index is 12.0. The first-order valence-corrected chi connectivity index (χ1v) is 9.45. The lowest BCUT2D eigenvalue weighted by Gasteiger charge is -2.37. The van der Waals surface area contributed by atoms with E-state index in [4.69, 9.17) is 16.3 Å². The number of ether oxygens (including phenoxy) is 1. The number of halogens is 1. The van der Waals surface area contributed by atoms with Gasteiger partial charge in [-0.3, -0.25) is 0 Å². The molecular weight excluding hydrogens is 310 g/mol. The van der Waals surface area contributed by atoms with Gasteiger partial charge in [-0.05, 0) is 43.5 Å². The summed E-state index contributed by atoms with van der Waals surface area (Å²) in [4.78, 5) is 0.377. The van der Waals surface area contributed by atoms with E-state index in [1.165, 1.54) is 0 Å². The van der Waals surface area contributed by atoms with E-state index < -0.39 is 9.84 Å². The SMILES string of the molecule is CCCS(=O)(=O)c1ccc(NC2(CCl)CCOCC2)cc1. The van der Waals surface area contributed by atoms with E-state index in [-0.39, 0.29) is 11.3 Å². The van der Waals surface area contributed by atoms with E-state index >= 15 is 0 Å². The molecule has 2 rings (SSSR count). The van der Waals surface area contributed by atoms with Gasteiger partial charge in [-0.2, -0.15) is 0 Å². The van der Waals surface area contributed by atoms with Crippen LogP contribution in [0.4, 0.5) is 5.69 Å². The number of rotatable bonds is 6. The zero-order valence-corrected chi connectivity index (χ0v) is 13.8. The molecule has 0 aliphatic carbocycles. The maximum absolute atomic E-state index is 12.0. The highest BCUT2D eigenvalue weighted by Gasteiger charge is 2.31. The van der Waals surface area contributed by atoms with E-state index in [0.29, 0.717) is 30.4 Å². The van der Waals surface area contributed by atoms with Crippen molar-refractivity contribution in [3.63, 3.8) is 0 Å². The van der Waals surface area contributed by atoms with E-state index in [0.717, 1.165) is 18.5 Å². The highest BCUT2D eigenvalue weighted by molar-refractivity contribution is 7.91. The van der Waals surface area contributed by atoms with Gasteiger partial charge in [-0.15, -0.1) is 11.6 Å². The second-order valence-corrected chi connectivity index (χ2v) is 7.87. The lowest BCUT2D eigenvalue weighted by Crippen LogP contribution is -2.45. The molecule has 1 N–H and O–H groups in total. The molecule has 1 fully saturated rings. The average Bonchev–Trinajstić information content (AvgIpc) is 2.49. The van der Waals surface area contributed by atoms with E-state index in [1.54, 1.807) is 12.1 Å². The van der Waals surface area contributed by atoms with Crippen LogP contribution < -0.4 is 5.32 Å². The topological polar surface area (TPSA) is 55.4 Å². The van der Waals surface area contributed by atoms with Crippen molar-refractivity contribution >= 4 is 27.1 Å². The Morgan fingerprint density at radius 1 is 1.24 bits per heavy atom. The standard InChI is InChI=1S/C15H22ClNO3S/c1-2-11-21(18,19)14-5-3-13(4-6-14)17-15(12-16)7-9-20-10-8-15/h3-6,17H,2,7-12H2,1H3. The first kappa shape index (κ1) is 16.6. The van der Waals surface area contributed by atoms with Crippen LogP contribution in [0.2, 0.25) is 0 Å². The maximum Gasteiger partial charge on any atom is 0.178 e. The fraction of sp³-hybridized carbons (Fsp3) is 0.600. The van der Waals surface area contributed by atoms with Gasteiger partial charge in [0.05, 0.1) is 16.2 Å². The predicted molar refractivity (Wildman–Crippen MR) is 85.9 cm³/mol. The van der Waals surface area contributed by atoms with E-state index in [9.17, 15) is 8.42 Å². The van der Waals surface area contributed by atoms with Crippen molar-refractivity contribution in [2.75, 3.05) is 30.2 Å². The molecule has 0 radical (unpaired) electrons. The van der Waals surface area contributed by atoms with Gasteiger partial charge in [-0.25, -0.2) is 8.42 Å². The van der Waals surface area contributed by atoms with Crippen molar-refractivity contribution in [1.29, 1.82) is 0 Å². The number of benzene rings is 1. The Hall–Kier alpha value is -0.780. The van der Waals surface area contributed by atoms with Gasteiger partial charge in [-0.1, -0.05) is 6.92 Å². The molecule has 118 valence electrons. The average molecular weight is 332 g/mol. The van der Waals surface area contributed by atoms with Crippen molar-refractivity contribution in [3.05, 3.63) is 24.3 Å². The van der Waals surface area contributed by atoms with Crippen LogP contribution in [-0.2, 0) is 14.6 Å². The molecule has 0 amide bonds. The molecule has 6 heteroatoms. The van der Waals surface area contributed by atoms with Crippen LogP contribution >= 0.6 is 11.6 Å². The molecule has 0 atom stereocenters. The molecule has 1 aliphatic rings. The Morgan fingerprint density at radius 3 is 2.38 bits per heavy atom. The summed E-state index contributed by atoms with van der Waals surface area (Å²) in [6, 6.07) is 6.95. The lowest BCUT2D eigenvalue weighted by atomic mass is 9.92. The number of alkyl halides is 1. The van der Waals surface area contributed by atoms with Crippen molar-refractivity contribution < 1.29 is 13.2 Å². The van der Waals surface area contributed by atoms with Gasteiger partial charge in [0.25, 0.3) is 0 Å². The zero-order valence-electron chi connectivity index (χ0n) is 12.3. The summed E-state index contributed by atoms with van der Waals surface area (Å²) in [7, 11) is -3.15. The highest BCUT2D eigenvalue weighted by Crippen LogP contribution is 2.28. The molecule has 0 bridgehead atoms. The molecule has 1 saturated heterocycles. The Morgan fingerprint density at radius 2 is 1.86 bits per heavy atom. The predicted octanol–water partition coefficient (Wildman–Crippen LogP) is 3.07. The largest absolute Gasteiger partial charge is 0.381 e. The van der Waals surface area contributed by atoms with Gasteiger partial charge in [0.1, 0.15) is 0 Å². The summed E-state index contributed by atoms with van der Waals surface area (Å²) in [5.41, 5.74) is 0.733. The smallest absolute Gasteiger partial charge is 0.178 e. The Balaban J connectivity index is 2.12. The molecule has 1 aliphatic heterocycles. The number of nitrogens with one attached hydrogen (secondary N) is 1. The monoisotopic (exact) mass is 331 g/mol. The third-order valence-electron chi connectivity index (χ3n) is 3.80. The first-order chi connectivity index (χ1) is 10.0. The van der Waals surface area contributed by atoms with Crippen molar-refractivity contribution in [2.24, 2.45) is 0 Å². The molecule has 0 aromatic heterocycles. The number of anilines is 1. The van der Waals surface area contributed by atoms with Gasteiger partial charge in [0.2, 0.25) is 0 Å². The summed E-state index contributed by atoms with van der Waals surface area (Å²) in [5.74, 6) is 0.689. The zero-order chi connectivity index (χ0) is 15.3. The summed E-state index contributed by atoms with van der Waals surface area (Å²) in [5, 5.41) is 3.45.